The van der Waals surface area contributed by atoms with E-state index in [2.05, 4.69) is 30.9 Å². The second kappa shape index (κ2) is 2.67. The fraction of sp³-hybridized carbons (Fsp3) is 1.00. The first kappa shape index (κ1) is 7.93. The predicted molar refractivity (Wildman–Crippen MR) is 50.8 cm³/mol. The summed E-state index contributed by atoms with van der Waals surface area (Å²) < 4.78 is 0. The lowest BCUT2D eigenvalue weighted by Gasteiger charge is -2.52. The third-order valence-electron chi connectivity index (χ3n) is 3.15. The Morgan fingerprint density at radius 2 is 2.18 bits per heavy atom. The number of rotatable bonds is 0. The Bertz CT molecular complexity index is 160. The van der Waals surface area contributed by atoms with Gasteiger partial charge in [0, 0.05) is 6.04 Å². The third-order valence-corrected chi connectivity index (χ3v) is 4.83. The first-order chi connectivity index (χ1) is 5.23. The quantitative estimate of drug-likeness (QED) is 0.600. The highest BCUT2D eigenvalue weighted by atomic mass is 32.2. The van der Waals surface area contributed by atoms with Crippen LogP contribution >= 0.6 is 11.8 Å². The van der Waals surface area contributed by atoms with Crippen LogP contribution in [-0.2, 0) is 0 Å². The molecule has 0 aromatic carbocycles. The third kappa shape index (κ3) is 1.20. The summed E-state index contributed by atoms with van der Waals surface area (Å²) in [6, 6.07) is 0.749. The average molecular weight is 171 g/mol. The Morgan fingerprint density at radius 1 is 1.36 bits per heavy atom. The lowest BCUT2D eigenvalue weighted by Crippen LogP contribution is -2.59. The molecule has 0 radical (unpaired) electrons. The summed E-state index contributed by atoms with van der Waals surface area (Å²) in [5, 5.41) is 3.74. The Balaban J connectivity index is 2.01. The van der Waals surface area contributed by atoms with Gasteiger partial charge in [-0.3, -0.25) is 0 Å². The highest BCUT2D eigenvalue weighted by Gasteiger charge is 2.46. The smallest absolute Gasteiger partial charge is 0.0673 e. The van der Waals surface area contributed by atoms with Gasteiger partial charge in [-0.1, -0.05) is 6.92 Å². The van der Waals surface area contributed by atoms with Crippen LogP contribution in [0.3, 0.4) is 0 Å². The number of thioether (sulfide) groups is 1. The van der Waals surface area contributed by atoms with Gasteiger partial charge in [-0.15, -0.1) is 11.8 Å². The van der Waals surface area contributed by atoms with Gasteiger partial charge in [0.25, 0.3) is 0 Å². The van der Waals surface area contributed by atoms with E-state index >= 15 is 0 Å². The fourth-order valence-electron chi connectivity index (χ4n) is 2.07. The summed E-state index contributed by atoms with van der Waals surface area (Å²) in [6.45, 7) is 4.69. The molecule has 3 atom stereocenters. The fourth-order valence-corrected chi connectivity index (χ4v) is 3.86. The zero-order valence-corrected chi connectivity index (χ0v) is 8.21. The summed E-state index contributed by atoms with van der Waals surface area (Å²) in [5.74, 6) is 2.26. The molecule has 2 aliphatic rings. The largest absolute Gasteiger partial charge is 0.300 e. The summed E-state index contributed by atoms with van der Waals surface area (Å²) in [5.41, 5.74) is 0. The zero-order valence-electron chi connectivity index (χ0n) is 7.39. The molecule has 0 aromatic rings. The summed E-state index contributed by atoms with van der Waals surface area (Å²) >= 11 is 2.15. The van der Waals surface area contributed by atoms with E-state index < -0.39 is 0 Å². The van der Waals surface area contributed by atoms with Crippen molar-refractivity contribution in [3.05, 3.63) is 0 Å². The van der Waals surface area contributed by atoms with E-state index in [4.69, 9.17) is 0 Å². The molecule has 0 bridgehead atoms. The second-order valence-electron chi connectivity index (χ2n) is 4.01. The topological polar surface area (TPSA) is 12.0 Å². The lowest BCUT2D eigenvalue weighted by atomic mass is 9.79. The zero-order chi connectivity index (χ0) is 7.90. The minimum absolute atomic E-state index is 0.498. The molecule has 1 saturated heterocycles. The maximum absolute atomic E-state index is 3.74. The van der Waals surface area contributed by atoms with Crippen molar-refractivity contribution >= 4 is 11.8 Å². The first-order valence-corrected chi connectivity index (χ1v) is 5.63. The van der Waals surface area contributed by atoms with Crippen molar-refractivity contribution in [1.82, 2.24) is 5.32 Å². The molecule has 1 N–H and O–H groups in total. The van der Waals surface area contributed by atoms with E-state index in [0.717, 1.165) is 12.0 Å². The standard InChI is InChI=1S/C9H17NS/c1-7-3-5-9(7)10-8(2)4-6-11-9/h7-8,10H,3-6H2,1-2H3. The SMILES string of the molecule is CC1CCSC2(CCC2C)N1. The number of hydrogen-bond donors (Lipinski definition) is 1. The van der Waals surface area contributed by atoms with Crippen LogP contribution in [0.15, 0.2) is 0 Å². The Labute approximate surface area is 73.3 Å². The van der Waals surface area contributed by atoms with Crippen LogP contribution < -0.4 is 5.32 Å². The summed E-state index contributed by atoms with van der Waals surface area (Å²) in [6.07, 6.45) is 4.16. The maximum Gasteiger partial charge on any atom is 0.0673 e. The average Bonchev–Trinajstić information content (AvgIpc) is 2.02. The van der Waals surface area contributed by atoms with Gasteiger partial charge in [0.05, 0.1) is 4.87 Å². The van der Waals surface area contributed by atoms with E-state index in [1.54, 1.807) is 0 Å². The van der Waals surface area contributed by atoms with Crippen molar-refractivity contribution in [2.45, 2.75) is 44.0 Å². The number of nitrogens with one attached hydrogen (secondary N) is 1. The van der Waals surface area contributed by atoms with Crippen LogP contribution in [0.1, 0.15) is 33.1 Å². The molecule has 1 aliphatic heterocycles. The van der Waals surface area contributed by atoms with Crippen LogP contribution in [0.5, 0.6) is 0 Å². The molecular weight excluding hydrogens is 154 g/mol. The van der Waals surface area contributed by atoms with E-state index in [-0.39, 0.29) is 0 Å². The van der Waals surface area contributed by atoms with Crippen LogP contribution in [0.4, 0.5) is 0 Å². The van der Waals surface area contributed by atoms with E-state index in [1.807, 2.05) is 0 Å². The van der Waals surface area contributed by atoms with Crippen molar-refractivity contribution in [1.29, 1.82) is 0 Å². The highest BCUT2D eigenvalue weighted by Crippen LogP contribution is 2.49. The van der Waals surface area contributed by atoms with Gasteiger partial charge >= 0.3 is 0 Å². The Kier molecular flexibility index (Phi) is 1.92. The minimum atomic E-state index is 0.498. The van der Waals surface area contributed by atoms with Crippen LogP contribution in [0, 0.1) is 5.92 Å². The highest BCUT2D eigenvalue weighted by molar-refractivity contribution is 8.00. The summed E-state index contributed by atoms with van der Waals surface area (Å²) in [7, 11) is 0. The van der Waals surface area contributed by atoms with Gasteiger partial charge in [0.15, 0.2) is 0 Å². The molecule has 1 aliphatic carbocycles. The molecule has 64 valence electrons. The minimum Gasteiger partial charge on any atom is -0.300 e. The lowest BCUT2D eigenvalue weighted by molar-refractivity contribution is 0.170. The van der Waals surface area contributed by atoms with Crippen molar-refractivity contribution in [3.63, 3.8) is 0 Å². The molecule has 1 spiro atoms. The molecule has 1 nitrogen and oxygen atoms in total. The van der Waals surface area contributed by atoms with Crippen LogP contribution in [0.2, 0.25) is 0 Å². The van der Waals surface area contributed by atoms with Crippen molar-refractivity contribution in [2.24, 2.45) is 5.92 Å². The van der Waals surface area contributed by atoms with Crippen molar-refractivity contribution in [2.75, 3.05) is 5.75 Å². The molecule has 2 heteroatoms. The van der Waals surface area contributed by atoms with Crippen molar-refractivity contribution < 1.29 is 0 Å². The molecular formula is C9H17NS. The van der Waals surface area contributed by atoms with Crippen LogP contribution in [-0.4, -0.2) is 16.7 Å². The molecule has 1 heterocycles. The normalized spacial score (nSPS) is 50.7. The molecule has 11 heavy (non-hydrogen) atoms. The molecule has 3 unspecified atom stereocenters. The van der Waals surface area contributed by atoms with Crippen LogP contribution in [0.25, 0.3) is 0 Å². The predicted octanol–water partition coefficient (Wildman–Crippen LogP) is 2.23. The molecule has 0 amide bonds. The molecule has 2 rings (SSSR count). The van der Waals surface area contributed by atoms with Gasteiger partial charge < -0.3 is 5.32 Å². The molecule has 1 saturated carbocycles. The van der Waals surface area contributed by atoms with Gasteiger partial charge in [-0.25, -0.2) is 0 Å². The molecule has 2 fully saturated rings. The van der Waals surface area contributed by atoms with Gasteiger partial charge in [0.2, 0.25) is 0 Å². The molecule has 0 aromatic heterocycles. The van der Waals surface area contributed by atoms with Gasteiger partial charge in [-0.2, -0.15) is 0 Å². The summed E-state index contributed by atoms with van der Waals surface area (Å²) in [4.78, 5) is 0.498. The Morgan fingerprint density at radius 3 is 2.55 bits per heavy atom. The van der Waals surface area contributed by atoms with E-state index in [1.165, 1.54) is 25.0 Å². The van der Waals surface area contributed by atoms with E-state index in [0.29, 0.717) is 4.87 Å². The van der Waals surface area contributed by atoms with Gasteiger partial charge in [0.1, 0.15) is 0 Å². The van der Waals surface area contributed by atoms with Gasteiger partial charge in [-0.05, 0) is 37.9 Å². The Hall–Kier alpha value is 0.310. The monoisotopic (exact) mass is 171 g/mol. The maximum atomic E-state index is 3.74. The number of hydrogen-bond acceptors (Lipinski definition) is 2. The second-order valence-corrected chi connectivity index (χ2v) is 5.44. The van der Waals surface area contributed by atoms with E-state index in [9.17, 15) is 0 Å². The van der Waals surface area contributed by atoms with Crippen molar-refractivity contribution in [3.8, 4) is 0 Å². The first-order valence-electron chi connectivity index (χ1n) is 4.64.